The first-order valence-corrected chi connectivity index (χ1v) is 5.94. The summed E-state index contributed by atoms with van der Waals surface area (Å²) < 4.78 is 5.45. The molecule has 0 bridgehead atoms. The topological polar surface area (TPSA) is 58.3 Å². The molecule has 4 nitrogen and oxygen atoms in total. The van der Waals surface area contributed by atoms with Crippen LogP contribution in [0.15, 0.2) is 34.9 Å². The highest BCUT2D eigenvalue weighted by Gasteiger charge is 2.27. The van der Waals surface area contributed by atoms with Crippen LogP contribution in [0.25, 0.3) is 0 Å². The van der Waals surface area contributed by atoms with Crippen molar-refractivity contribution >= 4 is 5.82 Å². The Labute approximate surface area is 107 Å². The first-order valence-electron chi connectivity index (χ1n) is 5.94. The van der Waals surface area contributed by atoms with Crippen molar-refractivity contribution < 1.29 is 9.52 Å². The van der Waals surface area contributed by atoms with Crippen LogP contribution in [0, 0.1) is 13.8 Å². The van der Waals surface area contributed by atoms with Crippen LogP contribution in [0.2, 0.25) is 0 Å². The van der Waals surface area contributed by atoms with Gasteiger partial charge in [0.05, 0.1) is 0 Å². The third-order valence-corrected chi connectivity index (χ3v) is 2.90. The molecule has 2 aromatic heterocycles. The Bertz CT molecular complexity index is 518. The van der Waals surface area contributed by atoms with Crippen LogP contribution in [0.1, 0.15) is 24.0 Å². The molecular formula is C14H18N2O2. The third-order valence-electron chi connectivity index (χ3n) is 2.90. The van der Waals surface area contributed by atoms with Crippen molar-refractivity contribution in [2.45, 2.75) is 26.4 Å². The Balaban J connectivity index is 2.10. The quantitative estimate of drug-likeness (QED) is 0.870. The van der Waals surface area contributed by atoms with E-state index >= 15 is 0 Å². The Morgan fingerprint density at radius 1 is 1.39 bits per heavy atom. The van der Waals surface area contributed by atoms with E-state index in [1.165, 1.54) is 0 Å². The lowest BCUT2D eigenvalue weighted by Crippen LogP contribution is -2.31. The van der Waals surface area contributed by atoms with Gasteiger partial charge in [0.2, 0.25) is 0 Å². The van der Waals surface area contributed by atoms with Crippen LogP contribution in [-0.2, 0) is 5.60 Å². The summed E-state index contributed by atoms with van der Waals surface area (Å²) in [6.45, 7) is 5.88. The summed E-state index contributed by atoms with van der Waals surface area (Å²) in [5.74, 6) is 2.30. The molecule has 2 N–H and O–H groups in total. The fourth-order valence-corrected chi connectivity index (χ4v) is 1.99. The molecule has 0 aliphatic carbocycles. The average molecular weight is 246 g/mol. The molecule has 0 aromatic carbocycles. The van der Waals surface area contributed by atoms with E-state index in [1.807, 2.05) is 38.1 Å². The number of nitrogens with one attached hydrogen (secondary N) is 1. The molecule has 0 spiro atoms. The summed E-state index contributed by atoms with van der Waals surface area (Å²) in [4.78, 5) is 4.16. The highest BCUT2D eigenvalue weighted by molar-refractivity contribution is 5.36. The number of pyridine rings is 1. The number of furan rings is 1. The van der Waals surface area contributed by atoms with Gasteiger partial charge in [0.1, 0.15) is 22.9 Å². The molecule has 0 radical (unpaired) electrons. The molecule has 0 aliphatic heterocycles. The Morgan fingerprint density at radius 3 is 2.72 bits per heavy atom. The first kappa shape index (κ1) is 12.6. The molecule has 0 aliphatic rings. The lowest BCUT2D eigenvalue weighted by Gasteiger charge is -2.23. The maximum absolute atomic E-state index is 10.5. The van der Waals surface area contributed by atoms with E-state index in [9.17, 15) is 5.11 Å². The van der Waals surface area contributed by atoms with Gasteiger partial charge in [-0.05, 0) is 39.0 Å². The van der Waals surface area contributed by atoms with Crippen molar-refractivity contribution in [3.8, 4) is 0 Å². The van der Waals surface area contributed by atoms with Crippen LogP contribution < -0.4 is 5.32 Å². The van der Waals surface area contributed by atoms with E-state index in [1.54, 1.807) is 13.1 Å². The summed E-state index contributed by atoms with van der Waals surface area (Å²) in [6.07, 6.45) is 1.71. The lowest BCUT2D eigenvalue weighted by atomic mass is 9.96. The number of hydrogen-bond donors (Lipinski definition) is 2. The molecule has 2 heterocycles. The van der Waals surface area contributed by atoms with Crippen molar-refractivity contribution in [2.75, 3.05) is 11.9 Å². The lowest BCUT2D eigenvalue weighted by molar-refractivity contribution is 0.0698. The Morgan fingerprint density at radius 2 is 2.17 bits per heavy atom. The largest absolute Gasteiger partial charge is 0.466 e. The summed E-state index contributed by atoms with van der Waals surface area (Å²) in [5, 5.41) is 13.6. The zero-order valence-electron chi connectivity index (χ0n) is 10.9. The fourth-order valence-electron chi connectivity index (χ4n) is 1.99. The minimum absolute atomic E-state index is 0.379. The number of aliphatic hydroxyl groups is 1. The van der Waals surface area contributed by atoms with Gasteiger partial charge in [-0.3, -0.25) is 0 Å². The molecule has 1 atom stereocenters. The molecule has 96 valence electrons. The number of aryl methyl sites for hydroxylation is 2. The van der Waals surface area contributed by atoms with Crippen molar-refractivity contribution in [3.05, 3.63) is 47.5 Å². The minimum Gasteiger partial charge on any atom is -0.466 e. The van der Waals surface area contributed by atoms with Gasteiger partial charge >= 0.3 is 0 Å². The number of aromatic nitrogens is 1. The van der Waals surface area contributed by atoms with E-state index in [2.05, 4.69) is 10.3 Å². The third kappa shape index (κ3) is 2.71. The molecule has 2 rings (SSSR count). The van der Waals surface area contributed by atoms with Gasteiger partial charge in [-0.1, -0.05) is 6.07 Å². The van der Waals surface area contributed by atoms with E-state index < -0.39 is 5.60 Å². The van der Waals surface area contributed by atoms with Gasteiger partial charge in [0, 0.05) is 18.3 Å². The number of rotatable bonds is 4. The molecule has 0 fully saturated rings. The number of hydrogen-bond acceptors (Lipinski definition) is 4. The van der Waals surface area contributed by atoms with Crippen molar-refractivity contribution in [3.63, 3.8) is 0 Å². The molecule has 1 unspecified atom stereocenters. The van der Waals surface area contributed by atoms with Gasteiger partial charge in [-0.25, -0.2) is 4.98 Å². The highest BCUT2D eigenvalue weighted by atomic mass is 16.3. The summed E-state index contributed by atoms with van der Waals surface area (Å²) in [7, 11) is 0. The standard InChI is InChI=1S/C14H18N2O2/c1-10-8-12(11(2)18-10)14(3,17)9-16-13-6-4-5-7-15-13/h4-8,17H,9H2,1-3H3,(H,15,16). The monoisotopic (exact) mass is 246 g/mol. The Kier molecular flexibility index (Phi) is 3.39. The summed E-state index contributed by atoms with van der Waals surface area (Å²) in [5.41, 5.74) is -0.178. The molecule has 2 aromatic rings. The van der Waals surface area contributed by atoms with Gasteiger partial charge in [0.15, 0.2) is 0 Å². The summed E-state index contributed by atoms with van der Waals surface area (Å²) in [6, 6.07) is 7.49. The van der Waals surface area contributed by atoms with Crippen molar-refractivity contribution in [2.24, 2.45) is 0 Å². The van der Waals surface area contributed by atoms with Crippen molar-refractivity contribution in [1.82, 2.24) is 4.98 Å². The molecule has 0 saturated heterocycles. The van der Waals surface area contributed by atoms with E-state index in [0.717, 1.165) is 22.9 Å². The van der Waals surface area contributed by atoms with Crippen LogP contribution in [-0.4, -0.2) is 16.6 Å². The number of nitrogens with zero attached hydrogens (tertiary/aromatic N) is 1. The van der Waals surface area contributed by atoms with Crippen LogP contribution in [0.4, 0.5) is 5.82 Å². The molecule has 0 saturated carbocycles. The van der Waals surface area contributed by atoms with E-state index in [-0.39, 0.29) is 0 Å². The highest BCUT2D eigenvalue weighted by Crippen LogP contribution is 2.27. The average Bonchev–Trinajstić information content (AvgIpc) is 2.68. The smallest absolute Gasteiger partial charge is 0.125 e. The second-order valence-electron chi connectivity index (χ2n) is 4.67. The minimum atomic E-state index is -0.987. The van der Waals surface area contributed by atoms with Gasteiger partial charge < -0.3 is 14.8 Å². The van der Waals surface area contributed by atoms with Crippen molar-refractivity contribution in [1.29, 1.82) is 0 Å². The molecule has 4 heteroatoms. The molecule has 18 heavy (non-hydrogen) atoms. The Hall–Kier alpha value is -1.81. The molecule has 0 amide bonds. The normalized spacial score (nSPS) is 14.2. The maximum atomic E-state index is 10.5. The van der Waals surface area contributed by atoms with Crippen LogP contribution in [0.3, 0.4) is 0 Å². The van der Waals surface area contributed by atoms with Gasteiger partial charge in [-0.2, -0.15) is 0 Å². The second kappa shape index (κ2) is 4.82. The van der Waals surface area contributed by atoms with Gasteiger partial charge in [0.25, 0.3) is 0 Å². The summed E-state index contributed by atoms with van der Waals surface area (Å²) >= 11 is 0. The predicted octanol–water partition coefficient (Wildman–Crippen LogP) is 2.61. The van der Waals surface area contributed by atoms with Gasteiger partial charge in [-0.15, -0.1) is 0 Å². The predicted molar refractivity (Wildman–Crippen MR) is 70.5 cm³/mol. The first-order chi connectivity index (χ1) is 8.49. The van der Waals surface area contributed by atoms with Crippen LogP contribution in [0.5, 0.6) is 0 Å². The van der Waals surface area contributed by atoms with E-state index in [4.69, 9.17) is 4.42 Å². The van der Waals surface area contributed by atoms with E-state index in [0.29, 0.717) is 6.54 Å². The zero-order valence-corrected chi connectivity index (χ0v) is 10.9. The number of anilines is 1. The fraction of sp³-hybridized carbons (Fsp3) is 0.357. The zero-order chi connectivity index (χ0) is 13.2. The second-order valence-corrected chi connectivity index (χ2v) is 4.67. The molecular weight excluding hydrogens is 228 g/mol. The van der Waals surface area contributed by atoms with Crippen LogP contribution >= 0.6 is 0 Å². The SMILES string of the molecule is Cc1cc(C(C)(O)CNc2ccccn2)c(C)o1. The maximum Gasteiger partial charge on any atom is 0.125 e.